The lowest BCUT2D eigenvalue weighted by Gasteiger charge is -2.03. The monoisotopic (exact) mass is 454 g/mol. The van der Waals surface area contributed by atoms with Crippen molar-refractivity contribution in [3.05, 3.63) is 79.8 Å². The molecule has 4 rings (SSSR count). The molecular weight excluding hydrogens is 444 g/mol. The number of amides is 1. The molecule has 9 heteroatoms. The van der Waals surface area contributed by atoms with Crippen LogP contribution in [0.25, 0.3) is 17.0 Å². The molecule has 28 heavy (non-hydrogen) atoms. The number of amidine groups is 1. The zero-order valence-electron chi connectivity index (χ0n) is 14.1. The Kier molecular flexibility index (Phi) is 4.93. The van der Waals surface area contributed by atoms with E-state index in [1.54, 1.807) is 24.4 Å². The third-order valence-electron chi connectivity index (χ3n) is 3.95. The number of hydrogen-bond donors (Lipinski definition) is 1. The van der Waals surface area contributed by atoms with Crippen molar-refractivity contribution < 1.29 is 9.72 Å². The first-order valence-electron chi connectivity index (χ1n) is 8.08. The van der Waals surface area contributed by atoms with E-state index >= 15 is 0 Å². The maximum absolute atomic E-state index is 12.3. The molecule has 1 amide bonds. The van der Waals surface area contributed by atoms with Crippen LogP contribution in [-0.2, 0) is 4.79 Å². The van der Waals surface area contributed by atoms with Crippen molar-refractivity contribution in [3.8, 4) is 0 Å². The van der Waals surface area contributed by atoms with Gasteiger partial charge in [-0.25, -0.2) is 4.99 Å². The Bertz CT molecular complexity index is 1190. The molecule has 3 aromatic rings. The summed E-state index contributed by atoms with van der Waals surface area (Å²) >= 11 is 4.67. The first kappa shape index (κ1) is 18.3. The maximum Gasteiger partial charge on any atom is 0.270 e. The third-order valence-corrected chi connectivity index (χ3v) is 5.55. The number of rotatable bonds is 3. The lowest BCUT2D eigenvalue weighted by atomic mass is 10.2. The molecule has 2 heterocycles. The Morgan fingerprint density at radius 3 is 2.89 bits per heavy atom. The van der Waals surface area contributed by atoms with Gasteiger partial charge < -0.3 is 5.32 Å². The van der Waals surface area contributed by atoms with Crippen molar-refractivity contribution in [1.82, 2.24) is 10.3 Å². The summed E-state index contributed by atoms with van der Waals surface area (Å²) in [6.45, 7) is 0. The average Bonchev–Trinajstić information content (AvgIpc) is 3.03. The van der Waals surface area contributed by atoms with Crippen molar-refractivity contribution in [2.45, 2.75) is 0 Å². The Morgan fingerprint density at radius 2 is 2.07 bits per heavy atom. The second-order valence-corrected chi connectivity index (χ2v) is 7.68. The van der Waals surface area contributed by atoms with Crippen LogP contribution in [0, 0.1) is 10.1 Å². The molecule has 0 spiro atoms. The molecule has 0 aliphatic carbocycles. The van der Waals surface area contributed by atoms with E-state index in [-0.39, 0.29) is 11.6 Å². The van der Waals surface area contributed by atoms with Gasteiger partial charge in [-0.2, -0.15) is 0 Å². The number of carbonyl (C=O) groups excluding carboxylic acids is 1. The molecule has 0 unspecified atom stereocenters. The summed E-state index contributed by atoms with van der Waals surface area (Å²) < 4.78 is 0.911. The molecule has 1 aliphatic rings. The summed E-state index contributed by atoms with van der Waals surface area (Å²) in [4.78, 5) is 32.0. The minimum Gasteiger partial charge on any atom is -0.300 e. The predicted octanol–water partition coefficient (Wildman–Crippen LogP) is 4.80. The maximum atomic E-state index is 12.3. The average molecular weight is 455 g/mol. The molecule has 0 saturated carbocycles. The fraction of sp³-hybridized carbons (Fsp3) is 0. The first-order chi connectivity index (χ1) is 13.5. The number of carbonyl (C=O) groups is 1. The molecule has 1 saturated heterocycles. The number of halogens is 1. The highest BCUT2D eigenvalue weighted by Gasteiger charge is 2.24. The van der Waals surface area contributed by atoms with E-state index in [2.05, 4.69) is 31.2 Å². The normalized spacial score (nSPS) is 16.7. The van der Waals surface area contributed by atoms with Gasteiger partial charge in [0, 0.05) is 28.2 Å². The molecule has 7 nitrogen and oxygen atoms in total. The lowest BCUT2D eigenvalue weighted by molar-refractivity contribution is -0.384. The zero-order chi connectivity index (χ0) is 19.7. The predicted molar refractivity (Wildman–Crippen MR) is 113 cm³/mol. The van der Waals surface area contributed by atoms with Gasteiger partial charge in [-0.15, -0.1) is 0 Å². The number of nitro groups is 1. The Morgan fingerprint density at radius 1 is 1.21 bits per heavy atom. The SMILES string of the molecule is O=C1NC(=Nc2ccc(Br)c3cccnc23)S/C1=C\c1cccc([N+](=O)[O-])c1. The molecule has 1 aliphatic heterocycles. The van der Waals surface area contributed by atoms with Crippen LogP contribution in [-0.4, -0.2) is 21.0 Å². The number of aliphatic imine (C=N–C) groups is 1. The Labute approximate surface area is 171 Å². The van der Waals surface area contributed by atoms with Gasteiger partial charge in [0.25, 0.3) is 11.6 Å². The van der Waals surface area contributed by atoms with Crippen LogP contribution in [0.2, 0.25) is 0 Å². The summed E-state index contributed by atoms with van der Waals surface area (Å²) in [7, 11) is 0. The van der Waals surface area contributed by atoms with E-state index in [1.807, 2.05) is 24.3 Å². The fourth-order valence-electron chi connectivity index (χ4n) is 2.68. The van der Waals surface area contributed by atoms with E-state index in [0.29, 0.717) is 21.3 Å². The van der Waals surface area contributed by atoms with Crippen molar-refractivity contribution in [2.75, 3.05) is 0 Å². The van der Waals surface area contributed by atoms with Gasteiger partial charge in [0.1, 0.15) is 0 Å². The number of fused-ring (bicyclic) bond motifs is 1. The largest absolute Gasteiger partial charge is 0.300 e. The molecule has 138 valence electrons. The second-order valence-electron chi connectivity index (χ2n) is 5.80. The summed E-state index contributed by atoms with van der Waals surface area (Å²) in [6, 6.07) is 13.6. The number of benzene rings is 2. The minimum absolute atomic E-state index is 0.0287. The van der Waals surface area contributed by atoms with Crippen LogP contribution in [0.5, 0.6) is 0 Å². The number of nitrogens with zero attached hydrogens (tertiary/aromatic N) is 3. The van der Waals surface area contributed by atoms with Crippen molar-refractivity contribution in [3.63, 3.8) is 0 Å². The number of non-ortho nitro benzene ring substituents is 1. The quantitative estimate of drug-likeness (QED) is 0.348. The highest BCUT2D eigenvalue weighted by molar-refractivity contribution is 9.10. The Hall–Kier alpha value is -3.04. The third kappa shape index (κ3) is 3.67. The highest BCUT2D eigenvalue weighted by Crippen LogP contribution is 2.33. The van der Waals surface area contributed by atoms with E-state index in [0.717, 1.165) is 15.4 Å². The molecular formula is C19H11BrN4O3S. The molecule has 0 radical (unpaired) electrons. The van der Waals surface area contributed by atoms with Gasteiger partial charge in [-0.05, 0) is 41.6 Å². The standard InChI is InChI=1S/C19H11BrN4O3S/c20-14-6-7-15(17-13(14)5-2-8-21-17)22-19-23-18(25)16(28-19)10-11-3-1-4-12(9-11)24(26)27/h1-10H,(H,22,23,25)/b16-10-. The van der Waals surface area contributed by atoms with Gasteiger partial charge in [0.15, 0.2) is 5.17 Å². The summed E-state index contributed by atoms with van der Waals surface area (Å²) in [6.07, 6.45) is 3.29. The molecule has 0 bridgehead atoms. The molecule has 1 N–H and O–H groups in total. The fourth-order valence-corrected chi connectivity index (χ4v) is 3.97. The summed E-state index contributed by atoms with van der Waals surface area (Å²) in [5.74, 6) is -0.301. The van der Waals surface area contributed by atoms with Crippen LogP contribution in [0.3, 0.4) is 0 Å². The number of nitro benzene ring substituents is 1. The molecule has 1 fully saturated rings. The number of hydrogen-bond acceptors (Lipinski definition) is 6. The summed E-state index contributed by atoms with van der Waals surface area (Å²) in [5, 5.41) is 15.0. The first-order valence-corrected chi connectivity index (χ1v) is 9.69. The Balaban J connectivity index is 1.66. The second kappa shape index (κ2) is 7.53. The number of pyridine rings is 1. The zero-order valence-corrected chi connectivity index (χ0v) is 16.5. The highest BCUT2D eigenvalue weighted by atomic mass is 79.9. The van der Waals surface area contributed by atoms with Crippen LogP contribution >= 0.6 is 27.7 Å². The molecule has 2 aromatic carbocycles. The number of aromatic nitrogens is 1. The lowest BCUT2D eigenvalue weighted by Crippen LogP contribution is -2.19. The van der Waals surface area contributed by atoms with Crippen LogP contribution in [0.4, 0.5) is 11.4 Å². The van der Waals surface area contributed by atoms with Gasteiger partial charge in [0.05, 0.1) is 21.0 Å². The van der Waals surface area contributed by atoms with Crippen molar-refractivity contribution in [2.24, 2.45) is 4.99 Å². The smallest absolute Gasteiger partial charge is 0.270 e. The van der Waals surface area contributed by atoms with E-state index < -0.39 is 4.92 Å². The van der Waals surface area contributed by atoms with Gasteiger partial charge in [-0.3, -0.25) is 19.9 Å². The van der Waals surface area contributed by atoms with Gasteiger partial charge in [-0.1, -0.05) is 34.1 Å². The van der Waals surface area contributed by atoms with Crippen LogP contribution < -0.4 is 5.32 Å². The molecule has 1 aromatic heterocycles. The van der Waals surface area contributed by atoms with Crippen molar-refractivity contribution >= 4 is 67.1 Å². The van der Waals surface area contributed by atoms with E-state index in [1.165, 1.54) is 23.9 Å². The van der Waals surface area contributed by atoms with E-state index in [9.17, 15) is 14.9 Å². The van der Waals surface area contributed by atoms with Crippen LogP contribution in [0.1, 0.15) is 5.56 Å². The minimum atomic E-state index is -0.470. The molecule has 0 atom stereocenters. The van der Waals surface area contributed by atoms with E-state index in [4.69, 9.17) is 0 Å². The van der Waals surface area contributed by atoms with Gasteiger partial charge >= 0.3 is 0 Å². The van der Waals surface area contributed by atoms with Crippen LogP contribution in [0.15, 0.2) is 69.1 Å². The summed E-state index contributed by atoms with van der Waals surface area (Å²) in [5.41, 5.74) is 1.90. The van der Waals surface area contributed by atoms with Gasteiger partial charge in [0.2, 0.25) is 0 Å². The topological polar surface area (TPSA) is 97.5 Å². The van der Waals surface area contributed by atoms with Crippen molar-refractivity contribution in [1.29, 1.82) is 0 Å². The number of nitrogens with one attached hydrogen (secondary N) is 1. The number of thioether (sulfide) groups is 1.